The molecule has 1 amide bonds. The van der Waals surface area contributed by atoms with Crippen molar-refractivity contribution in [3.8, 4) is 6.07 Å². The fraction of sp³-hybridized carbons (Fsp3) is 0.375. The van der Waals surface area contributed by atoms with E-state index < -0.39 is 23.2 Å². The smallest absolute Gasteiger partial charge is 0.301 e. The second kappa shape index (κ2) is 7.25. The Balaban J connectivity index is 1.84. The number of anilines is 1. The minimum Gasteiger partial charge on any atom is -0.301 e. The number of alkyl halides is 3. The molecule has 1 aliphatic rings. The van der Waals surface area contributed by atoms with Crippen LogP contribution < -0.4 is 5.32 Å². The molecule has 10 heteroatoms. The van der Waals surface area contributed by atoms with Crippen LogP contribution in [-0.4, -0.2) is 21.6 Å². The number of aromatic nitrogens is 2. The van der Waals surface area contributed by atoms with Crippen molar-refractivity contribution >= 4 is 34.1 Å². The van der Waals surface area contributed by atoms with Crippen LogP contribution in [0.3, 0.4) is 0 Å². The zero-order chi connectivity index (χ0) is 18.9. The number of hydrogen-bond acceptors (Lipinski definition) is 6. The van der Waals surface area contributed by atoms with Gasteiger partial charge in [0.25, 0.3) is 0 Å². The molecule has 0 bridgehead atoms. The van der Waals surface area contributed by atoms with Gasteiger partial charge >= 0.3 is 6.18 Å². The number of nitriles is 1. The Bertz CT molecular complexity index is 902. The van der Waals surface area contributed by atoms with E-state index in [2.05, 4.69) is 15.3 Å². The number of amides is 1. The Morgan fingerprint density at radius 2 is 2.19 bits per heavy atom. The summed E-state index contributed by atoms with van der Waals surface area (Å²) in [5.41, 5.74) is -0.155. The number of hydrogen-bond donors (Lipinski definition) is 1. The van der Waals surface area contributed by atoms with Crippen LogP contribution >= 0.6 is 23.1 Å². The Hall–Kier alpha value is -2.12. The topological polar surface area (TPSA) is 78.7 Å². The van der Waals surface area contributed by atoms with Gasteiger partial charge < -0.3 is 5.32 Å². The van der Waals surface area contributed by atoms with Gasteiger partial charge in [-0.3, -0.25) is 4.79 Å². The van der Waals surface area contributed by atoms with Gasteiger partial charge in [-0.15, -0.1) is 11.3 Å². The Kier molecular flexibility index (Phi) is 5.20. The predicted molar refractivity (Wildman–Crippen MR) is 92.2 cm³/mol. The average molecular weight is 398 g/mol. The average Bonchev–Trinajstić information content (AvgIpc) is 3.18. The van der Waals surface area contributed by atoms with Crippen molar-refractivity contribution in [2.75, 3.05) is 11.1 Å². The number of nitrogens with one attached hydrogen (secondary N) is 1. The molecule has 0 unspecified atom stereocenters. The summed E-state index contributed by atoms with van der Waals surface area (Å²) in [6.45, 7) is 1.78. The molecule has 3 rings (SSSR count). The molecule has 0 saturated carbocycles. The lowest BCUT2D eigenvalue weighted by molar-refractivity contribution is -0.138. The number of thioether (sulfide) groups is 1. The maximum absolute atomic E-state index is 13.5. The van der Waals surface area contributed by atoms with Crippen molar-refractivity contribution in [1.82, 2.24) is 9.97 Å². The number of pyridine rings is 1. The third kappa shape index (κ3) is 3.83. The number of fused-ring (bicyclic) bond motifs is 1. The van der Waals surface area contributed by atoms with E-state index in [1.165, 1.54) is 11.3 Å². The molecular formula is C16H13F3N4OS2. The van der Waals surface area contributed by atoms with Crippen molar-refractivity contribution in [3.05, 3.63) is 33.5 Å². The van der Waals surface area contributed by atoms with Gasteiger partial charge in [-0.1, -0.05) is 11.8 Å². The molecule has 0 saturated heterocycles. The van der Waals surface area contributed by atoms with Crippen LogP contribution in [0.1, 0.15) is 34.5 Å². The van der Waals surface area contributed by atoms with Gasteiger partial charge in [0.1, 0.15) is 11.1 Å². The maximum Gasteiger partial charge on any atom is 0.418 e. The second-order valence-electron chi connectivity index (χ2n) is 5.69. The number of thiazole rings is 1. The van der Waals surface area contributed by atoms with Gasteiger partial charge in [0.15, 0.2) is 5.13 Å². The standard InChI is InChI=1S/C16H13F3N4OS2/c1-8-6-26-15(21-8)23-12(24)7-25-14-10(5-20)13(16(17,18)19)9-3-2-4-11(9)22-14/h6H,2-4,7H2,1H3,(H,21,23,24). The summed E-state index contributed by atoms with van der Waals surface area (Å²) in [6.07, 6.45) is -3.34. The quantitative estimate of drug-likeness (QED) is 0.789. The number of carbonyl (C=O) groups is 1. The molecule has 5 nitrogen and oxygen atoms in total. The normalized spacial score (nSPS) is 13.3. The Morgan fingerprint density at radius 3 is 2.81 bits per heavy atom. The molecule has 1 aliphatic carbocycles. The molecule has 1 N–H and O–H groups in total. The summed E-state index contributed by atoms with van der Waals surface area (Å²) in [7, 11) is 0. The summed E-state index contributed by atoms with van der Waals surface area (Å²) in [5, 5.41) is 14.0. The van der Waals surface area contributed by atoms with Gasteiger partial charge in [-0.2, -0.15) is 18.4 Å². The third-order valence-electron chi connectivity index (χ3n) is 3.79. The van der Waals surface area contributed by atoms with Crippen LogP contribution in [-0.2, 0) is 23.8 Å². The Labute approximate surface area is 155 Å². The SMILES string of the molecule is Cc1csc(NC(=O)CSc2nc3c(c(C(F)(F)F)c2C#N)CCC3)n1. The lowest BCUT2D eigenvalue weighted by Crippen LogP contribution is -2.16. The monoisotopic (exact) mass is 398 g/mol. The third-order valence-corrected chi connectivity index (χ3v) is 5.64. The lowest BCUT2D eigenvalue weighted by atomic mass is 10.0. The molecular weight excluding hydrogens is 385 g/mol. The summed E-state index contributed by atoms with van der Waals surface area (Å²) in [4.78, 5) is 20.3. The first kappa shape index (κ1) is 18.7. The van der Waals surface area contributed by atoms with Crippen molar-refractivity contribution in [2.45, 2.75) is 37.4 Å². The molecule has 0 aromatic carbocycles. The first-order valence-electron chi connectivity index (χ1n) is 7.67. The number of aryl methyl sites for hydroxylation is 2. The van der Waals surface area contributed by atoms with Crippen LogP contribution in [0.2, 0.25) is 0 Å². The zero-order valence-electron chi connectivity index (χ0n) is 13.6. The second-order valence-corrected chi connectivity index (χ2v) is 7.51. The highest BCUT2D eigenvalue weighted by Gasteiger charge is 2.40. The number of rotatable bonds is 4. The van der Waals surface area contributed by atoms with Crippen molar-refractivity contribution in [3.63, 3.8) is 0 Å². The Morgan fingerprint density at radius 1 is 1.42 bits per heavy atom. The molecule has 26 heavy (non-hydrogen) atoms. The van der Waals surface area contributed by atoms with Gasteiger partial charge in [-0.05, 0) is 31.7 Å². The van der Waals surface area contributed by atoms with Gasteiger partial charge in [-0.25, -0.2) is 9.97 Å². The van der Waals surface area contributed by atoms with Gasteiger partial charge in [0.05, 0.1) is 22.6 Å². The maximum atomic E-state index is 13.5. The van der Waals surface area contributed by atoms with Crippen LogP contribution in [0.25, 0.3) is 0 Å². The van der Waals surface area contributed by atoms with E-state index in [0.717, 1.165) is 17.5 Å². The first-order chi connectivity index (χ1) is 12.3. The highest BCUT2D eigenvalue weighted by molar-refractivity contribution is 8.00. The minimum atomic E-state index is -4.63. The minimum absolute atomic E-state index is 0.0501. The van der Waals surface area contributed by atoms with E-state index in [4.69, 9.17) is 0 Å². The van der Waals surface area contributed by atoms with Crippen LogP contribution in [0.15, 0.2) is 10.4 Å². The fourth-order valence-corrected chi connectivity index (χ4v) is 4.29. The van der Waals surface area contributed by atoms with Crippen molar-refractivity contribution in [2.24, 2.45) is 0 Å². The molecule has 2 aromatic rings. The van der Waals surface area contributed by atoms with Crippen LogP contribution in [0.5, 0.6) is 0 Å². The number of carbonyl (C=O) groups excluding carboxylic acids is 1. The van der Waals surface area contributed by atoms with E-state index in [-0.39, 0.29) is 22.8 Å². The number of halogens is 3. The molecule has 2 heterocycles. The molecule has 0 fully saturated rings. The molecule has 0 spiro atoms. The van der Waals surface area contributed by atoms with E-state index in [0.29, 0.717) is 23.7 Å². The van der Waals surface area contributed by atoms with E-state index in [9.17, 15) is 23.2 Å². The van der Waals surface area contributed by atoms with E-state index in [1.54, 1.807) is 18.4 Å². The highest BCUT2D eigenvalue weighted by Crippen LogP contribution is 2.41. The highest BCUT2D eigenvalue weighted by atomic mass is 32.2. The summed E-state index contributed by atoms with van der Waals surface area (Å²) in [6, 6.07) is 1.63. The first-order valence-corrected chi connectivity index (χ1v) is 9.54. The zero-order valence-corrected chi connectivity index (χ0v) is 15.2. The van der Waals surface area contributed by atoms with Crippen LogP contribution in [0, 0.1) is 18.3 Å². The molecule has 0 radical (unpaired) electrons. The largest absolute Gasteiger partial charge is 0.418 e. The lowest BCUT2D eigenvalue weighted by Gasteiger charge is -2.16. The van der Waals surface area contributed by atoms with E-state index >= 15 is 0 Å². The molecule has 0 atom stereocenters. The van der Waals surface area contributed by atoms with Crippen molar-refractivity contribution in [1.29, 1.82) is 5.26 Å². The summed E-state index contributed by atoms with van der Waals surface area (Å²) >= 11 is 2.09. The molecule has 0 aliphatic heterocycles. The molecule has 136 valence electrons. The molecule has 2 aromatic heterocycles. The fourth-order valence-electron chi connectivity index (χ4n) is 2.78. The summed E-state index contributed by atoms with van der Waals surface area (Å²) < 4.78 is 40.5. The number of nitrogens with zero attached hydrogens (tertiary/aromatic N) is 3. The summed E-state index contributed by atoms with van der Waals surface area (Å²) in [5.74, 6) is -0.569. The van der Waals surface area contributed by atoms with Gasteiger partial charge in [0, 0.05) is 11.1 Å². The van der Waals surface area contributed by atoms with Crippen molar-refractivity contribution < 1.29 is 18.0 Å². The van der Waals surface area contributed by atoms with Gasteiger partial charge in [0.2, 0.25) is 5.91 Å². The van der Waals surface area contributed by atoms with Crippen LogP contribution in [0.4, 0.5) is 18.3 Å². The van der Waals surface area contributed by atoms with E-state index in [1.807, 2.05) is 0 Å². The predicted octanol–water partition coefficient (Wildman–Crippen LogP) is 3.96.